The number of hydrogen-bond donors (Lipinski definition) is 4. The van der Waals surface area contributed by atoms with Crippen molar-refractivity contribution in [1.29, 1.82) is 0 Å². The zero-order valence-corrected chi connectivity index (χ0v) is 24.9. The van der Waals surface area contributed by atoms with Gasteiger partial charge in [-0.25, -0.2) is 0 Å². The van der Waals surface area contributed by atoms with Crippen molar-refractivity contribution in [1.82, 2.24) is 20.9 Å². The molecule has 0 fully saturated rings. The van der Waals surface area contributed by atoms with E-state index in [4.69, 9.17) is 9.47 Å². The number of likely N-dealkylation sites (N-methyl/N-ethyl adjacent to an activating group) is 1. The Labute approximate surface area is 256 Å². The van der Waals surface area contributed by atoms with Gasteiger partial charge in [-0.15, -0.1) is 0 Å². The largest absolute Gasteiger partial charge is 0.508 e. The number of methoxy groups -OCH3 is 1. The van der Waals surface area contributed by atoms with Crippen molar-refractivity contribution in [3.63, 3.8) is 0 Å². The number of carbonyl (C=O) groups is 4. The summed E-state index contributed by atoms with van der Waals surface area (Å²) >= 11 is 0. The van der Waals surface area contributed by atoms with Crippen LogP contribution in [0.3, 0.4) is 0 Å². The van der Waals surface area contributed by atoms with E-state index in [0.717, 1.165) is 16.9 Å². The monoisotopic (exact) mass is 602 g/mol. The second-order valence-electron chi connectivity index (χ2n) is 10.6. The molecule has 0 saturated heterocycles. The van der Waals surface area contributed by atoms with E-state index in [-0.39, 0.29) is 43.2 Å². The van der Waals surface area contributed by atoms with Gasteiger partial charge in [-0.1, -0.05) is 36.4 Å². The SMILES string of the molecule is COc1cccc(CCCNC(=O)[C@@H]2CC(=O)N[C@@H](Cc3ccc(O)cc3)C(=O)N(C)CCOc3ccccc3C(=O)N2)c1. The van der Waals surface area contributed by atoms with Gasteiger partial charge in [0.15, 0.2) is 0 Å². The van der Waals surface area contributed by atoms with E-state index in [1.807, 2.05) is 24.3 Å². The van der Waals surface area contributed by atoms with Gasteiger partial charge < -0.3 is 35.4 Å². The molecule has 0 unspecified atom stereocenters. The lowest BCUT2D eigenvalue weighted by atomic mass is 10.0. The number of nitrogens with one attached hydrogen (secondary N) is 3. The molecule has 232 valence electrons. The molecule has 0 aliphatic carbocycles. The summed E-state index contributed by atoms with van der Waals surface area (Å²) < 4.78 is 11.1. The van der Waals surface area contributed by atoms with E-state index >= 15 is 0 Å². The molecule has 1 aliphatic heterocycles. The summed E-state index contributed by atoms with van der Waals surface area (Å²) in [6, 6.07) is 18.4. The minimum atomic E-state index is -1.21. The Bertz CT molecular complexity index is 1460. The number of para-hydroxylation sites is 1. The van der Waals surface area contributed by atoms with E-state index in [2.05, 4.69) is 16.0 Å². The van der Waals surface area contributed by atoms with Gasteiger partial charge in [0.25, 0.3) is 5.91 Å². The number of nitrogens with zero attached hydrogens (tertiary/aromatic N) is 1. The topological polar surface area (TPSA) is 146 Å². The summed E-state index contributed by atoms with van der Waals surface area (Å²) in [5.41, 5.74) is 1.98. The third-order valence-electron chi connectivity index (χ3n) is 7.29. The molecular weight excluding hydrogens is 564 g/mol. The van der Waals surface area contributed by atoms with Crippen LogP contribution < -0.4 is 25.4 Å². The predicted molar refractivity (Wildman–Crippen MR) is 164 cm³/mol. The van der Waals surface area contributed by atoms with Crippen LogP contribution in [0.4, 0.5) is 0 Å². The quantitative estimate of drug-likeness (QED) is 0.289. The molecule has 0 spiro atoms. The fraction of sp³-hybridized carbons (Fsp3) is 0.333. The average molecular weight is 603 g/mol. The number of fused-ring (bicyclic) bond motifs is 1. The van der Waals surface area contributed by atoms with Gasteiger partial charge in [-0.05, 0) is 60.4 Å². The van der Waals surface area contributed by atoms with Crippen molar-refractivity contribution in [2.45, 2.75) is 37.8 Å². The number of benzene rings is 3. The van der Waals surface area contributed by atoms with Gasteiger partial charge >= 0.3 is 0 Å². The molecule has 3 aromatic rings. The number of phenolic OH excluding ortho intramolecular Hbond substituents is 1. The van der Waals surface area contributed by atoms with E-state index in [0.29, 0.717) is 25.1 Å². The van der Waals surface area contributed by atoms with Crippen molar-refractivity contribution < 1.29 is 33.8 Å². The minimum Gasteiger partial charge on any atom is -0.508 e. The summed E-state index contributed by atoms with van der Waals surface area (Å²) in [4.78, 5) is 54.8. The Morgan fingerprint density at radius 2 is 1.80 bits per heavy atom. The number of hydrogen-bond acceptors (Lipinski definition) is 7. The van der Waals surface area contributed by atoms with Crippen LogP contribution in [0.5, 0.6) is 17.2 Å². The molecule has 1 heterocycles. The fourth-order valence-corrected chi connectivity index (χ4v) is 4.86. The first-order valence-corrected chi connectivity index (χ1v) is 14.5. The van der Waals surface area contributed by atoms with Crippen LogP contribution in [-0.4, -0.2) is 79.6 Å². The average Bonchev–Trinajstić information content (AvgIpc) is 3.02. The molecule has 4 rings (SSSR count). The van der Waals surface area contributed by atoms with Crippen molar-refractivity contribution in [3.05, 3.63) is 89.5 Å². The van der Waals surface area contributed by atoms with Crippen LogP contribution in [0.2, 0.25) is 0 Å². The van der Waals surface area contributed by atoms with Gasteiger partial charge in [0.2, 0.25) is 17.7 Å². The van der Waals surface area contributed by atoms with Gasteiger partial charge in [0.1, 0.15) is 35.9 Å². The molecule has 4 N–H and O–H groups in total. The maximum Gasteiger partial charge on any atom is 0.255 e. The lowest BCUT2D eigenvalue weighted by Crippen LogP contribution is -2.53. The van der Waals surface area contributed by atoms with Crippen molar-refractivity contribution in [3.8, 4) is 17.2 Å². The van der Waals surface area contributed by atoms with E-state index in [1.165, 1.54) is 17.0 Å². The lowest BCUT2D eigenvalue weighted by molar-refractivity contribution is -0.136. The summed E-state index contributed by atoms with van der Waals surface area (Å²) in [6.45, 7) is 0.623. The van der Waals surface area contributed by atoms with Crippen molar-refractivity contribution >= 4 is 23.6 Å². The number of amides is 4. The first-order valence-electron chi connectivity index (χ1n) is 14.5. The molecule has 0 saturated carbocycles. The van der Waals surface area contributed by atoms with Crippen LogP contribution >= 0.6 is 0 Å². The van der Waals surface area contributed by atoms with E-state index in [9.17, 15) is 24.3 Å². The normalized spacial score (nSPS) is 17.8. The van der Waals surface area contributed by atoms with E-state index < -0.39 is 29.8 Å². The molecule has 4 amide bonds. The molecule has 0 aromatic heterocycles. The highest BCUT2D eigenvalue weighted by Crippen LogP contribution is 2.19. The number of carbonyl (C=O) groups excluding carboxylic acids is 4. The zero-order valence-electron chi connectivity index (χ0n) is 24.9. The predicted octanol–water partition coefficient (Wildman–Crippen LogP) is 2.22. The van der Waals surface area contributed by atoms with Gasteiger partial charge in [0, 0.05) is 20.0 Å². The molecule has 3 aromatic carbocycles. The Hall–Kier alpha value is -5.06. The van der Waals surface area contributed by atoms with Gasteiger partial charge in [0.05, 0.1) is 25.6 Å². The van der Waals surface area contributed by atoms with Gasteiger partial charge in [-0.2, -0.15) is 0 Å². The minimum absolute atomic E-state index is 0.0813. The molecular formula is C33H38N4O7. The highest BCUT2D eigenvalue weighted by Gasteiger charge is 2.30. The van der Waals surface area contributed by atoms with Crippen LogP contribution in [0.1, 0.15) is 34.3 Å². The second kappa shape index (κ2) is 15.4. The fourth-order valence-electron chi connectivity index (χ4n) is 4.86. The highest BCUT2D eigenvalue weighted by molar-refractivity contribution is 6.01. The third-order valence-corrected chi connectivity index (χ3v) is 7.29. The summed E-state index contributed by atoms with van der Waals surface area (Å²) in [5, 5.41) is 17.9. The Kier molecular flexibility index (Phi) is 11.2. The second-order valence-corrected chi connectivity index (χ2v) is 10.6. The Morgan fingerprint density at radius 1 is 1.02 bits per heavy atom. The molecule has 1 aliphatic rings. The van der Waals surface area contributed by atoms with E-state index in [1.54, 1.807) is 50.6 Å². The van der Waals surface area contributed by atoms with Crippen LogP contribution in [0, 0.1) is 0 Å². The molecule has 11 heteroatoms. The van der Waals surface area contributed by atoms with Crippen LogP contribution in [0.15, 0.2) is 72.8 Å². The maximum absolute atomic E-state index is 13.4. The molecule has 0 bridgehead atoms. The molecule has 2 atom stereocenters. The summed E-state index contributed by atoms with van der Waals surface area (Å²) in [5.74, 6) is -0.882. The first kappa shape index (κ1) is 31.9. The van der Waals surface area contributed by atoms with Gasteiger partial charge in [-0.3, -0.25) is 19.2 Å². The summed E-state index contributed by atoms with van der Waals surface area (Å²) in [7, 11) is 3.21. The lowest BCUT2D eigenvalue weighted by Gasteiger charge is -2.27. The van der Waals surface area contributed by atoms with Crippen LogP contribution in [-0.2, 0) is 27.2 Å². The standard InChI is InChI=1S/C33H38N4O7/c1-37-17-18-44-29-11-4-3-10-26(29)31(40)36-27(32(41)34-16-6-8-22-7-5-9-25(19-22)43-2)21-30(39)35-28(33(37)42)20-23-12-14-24(38)15-13-23/h3-5,7,9-15,19,27-28,38H,6,8,16-18,20-21H2,1-2H3,(H,34,41)(H,35,39)(H,36,40)/t27-,28-/m0/s1. The Balaban J connectivity index is 1.51. The first-order chi connectivity index (χ1) is 21.2. The Morgan fingerprint density at radius 3 is 2.57 bits per heavy atom. The number of rotatable bonds is 8. The smallest absolute Gasteiger partial charge is 0.255 e. The number of phenols is 1. The third kappa shape index (κ3) is 8.97. The molecule has 0 radical (unpaired) electrons. The molecule has 44 heavy (non-hydrogen) atoms. The van der Waals surface area contributed by atoms with Crippen LogP contribution in [0.25, 0.3) is 0 Å². The van der Waals surface area contributed by atoms with Crippen molar-refractivity contribution in [2.24, 2.45) is 0 Å². The number of aromatic hydroxyl groups is 1. The zero-order chi connectivity index (χ0) is 31.5. The summed E-state index contributed by atoms with van der Waals surface area (Å²) in [6.07, 6.45) is 1.08. The highest BCUT2D eigenvalue weighted by atomic mass is 16.5. The number of ether oxygens (including phenoxy) is 2. The van der Waals surface area contributed by atoms with Crippen molar-refractivity contribution in [2.75, 3.05) is 33.9 Å². The maximum atomic E-state index is 13.4. The molecule has 11 nitrogen and oxygen atoms in total. The number of aryl methyl sites for hydroxylation is 1.